The molecule has 0 N–H and O–H groups in total. The summed E-state index contributed by atoms with van der Waals surface area (Å²) < 4.78 is 5.94. The van der Waals surface area contributed by atoms with Crippen molar-refractivity contribution in [3.05, 3.63) is 47.7 Å². The van der Waals surface area contributed by atoms with E-state index in [2.05, 4.69) is 50.3 Å². The van der Waals surface area contributed by atoms with E-state index in [-0.39, 0.29) is 0 Å². The molecule has 3 heterocycles. The van der Waals surface area contributed by atoms with E-state index in [4.69, 9.17) is 4.42 Å². The lowest BCUT2D eigenvalue weighted by Gasteiger charge is -2.42. The molecule has 1 spiro atoms. The van der Waals surface area contributed by atoms with Gasteiger partial charge in [0.05, 0.1) is 5.92 Å². The molecule has 5 rings (SSSR count). The van der Waals surface area contributed by atoms with Crippen LogP contribution in [0.1, 0.15) is 48.9 Å². The maximum Gasteiger partial charge on any atom is 0.221 e. The Morgan fingerprint density at radius 2 is 1.86 bits per heavy atom. The standard InChI is InChI=1S/C23H32N4O/c1-18-24-25-22(28-18)21-16-27(12-9-19-5-3-2-4-6-19)17-23(21)10-13-26(14-11-23)15-20-7-8-20/h2-6,20-21H,7-17H2,1H3. The third-order valence-corrected chi connectivity index (χ3v) is 7.18. The first-order valence-electron chi connectivity index (χ1n) is 11.0. The topological polar surface area (TPSA) is 45.4 Å². The molecule has 2 saturated heterocycles. The predicted molar refractivity (Wildman–Crippen MR) is 109 cm³/mol. The van der Waals surface area contributed by atoms with Gasteiger partial charge in [0, 0.05) is 33.1 Å². The third-order valence-electron chi connectivity index (χ3n) is 7.18. The molecule has 3 aliphatic rings. The number of nitrogens with zero attached hydrogens (tertiary/aromatic N) is 4. The van der Waals surface area contributed by atoms with Crippen molar-refractivity contribution < 1.29 is 4.42 Å². The van der Waals surface area contributed by atoms with Crippen molar-refractivity contribution in [2.75, 3.05) is 39.3 Å². The van der Waals surface area contributed by atoms with Crippen molar-refractivity contribution in [1.82, 2.24) is 20.0 Å². The van der Waals surface area contributed by atoms with Gasteiger partial charge in [-0.1, -0.05) is 30.3 Å². The average molecular weight is 381 g/mol. The van der Waals surface area contributed by atoms with Crippen molar-refractivity contribution in [2.45, 2.75) is 44.9 Å². The van der Waals surface area contributed by atoms with E-state index < -0.39 is 0 Å². The van der Waals surface area contributed by atoms with Crippen molar-refractivity contribution in [1.29, 1.82) is 0 Å². The number of hydrogen-bond donors (Lipinski definition) is 0. The molecular weight excluding hydrogens is 348 g/mol. The van der Waals surface area contributed by atoms with Crippen molar-refractivity contribution in [3.8, 4) is 0 Å². The minimum atomic E-state index is 0.301. The minimum Gasteiger partial charge on any atom is -0.425 e. The summed E-state index contributed by atoms with van der Waals surface area (Å²) >= 11 is 0. The van der Waals surface area contributed by atoms with Gasteiger partial charge >= 0.3 is 0 Å². The fourth-order valence-electron chi connectivity index (χ4n) is 5.32. The van der Waals surface area contributed by atoms with E-state index in [1.807, 2.05) is 6.92 Å². The number of likely N-dealkylation sites (tertiary alicyclic amines) is 2. The monoisotopic (exact) mass is 380 g/mol. The van der Waals surface area contributed by atoms with E-state index in [1.165, 1.54) is 57.4 Å². The molecule has 5 nitrogen and oxygen atoms in total. The SMILES string of the molecule is Cc1nnc(C2CN(CCc3ccccc3)CC23CCN(CC2CC2)CC3)o1. The zero-order valence-electron chi connectivity index (χ0n) is 17.0. The van der Waals surface area contributed by atoms with Crippen LogP contribution < -0.4 is 0 Å². The highest BCUT2D eigenvalue weighted by Crippen LogP contribution is 2.49. The molecular formula is C23H32N4O. The highest BCUT2D eigenvalue weighted by molar-refractivity contribution is 5.16. The van der Waals surface area contributed by atoms with Gasteiger partial charge in [0.25, 0.3) is 0 Å². The van der Waals surface area contributed by atoms with Crippen LogP contribution in [-0.2, 0) is 6.42 Å². The Bertz CT molecular complexity index is 777. The second kappa shape index (κ2) is 7.60. The average Bonchev–Trinajstić information content (AvgIpc) is 3.32. The normalized spacial score (nSPS) is 25.5. The Balaban J connectivity index is 1.28. The number of hydrogen-bond acceptors (Lipinski definition) is 5. The Kier molecular flexibility index (Phi) is 4.97. The third kappa shape index (κ3) is 3.87. The molecule has 0 bridgehead atoms. The quantitative estimate of drug-likeness (QED) is 0.767. The van der Waals surface area contributed by atoms with Crippen LogP contribution in [0.25, 0.3) is 0 Å². The molecule has 2 aromatic rings. The highest BCUT2D eigenvalue weighted by Gasteiger charge is 2.50. The first-order valence-corrected chi connectivity index (χ1v) is 11.0. The smallest absolute Gasteiger partial charge is 0.221 e. The maximum absolute atomic E-state index is 5.94. The molecule has 3 fully saturated rings. The van der Waals surface area contributed by atoms with E-state index in [0.29, 0.717) is 17.2 Å². The summed E-state index contributed by atoms with van der Waals surface area (Å²) in [6.07, 6.45) is 6.51. The first kappa shape index (κ1) is 18.3. The van der Waals surface area contributed by atoms with Gasteiger partial charge < -0.3 is 14.2 Å². The number of aromatic nitrogens is 2. The van der Waals surface area contributed by atoms with Crippen LogP contribution in [0.3, 0.4) is 0 Å². The molecule has 2 aliphatic heterocycles. The summed E-state index contributed by atoms with van der Waals surface area (Å²) in [5.74, 6) is 2.93. The lowest BCUT2D eigenvalue weighted by Crippen LogP contribution is -2.44. The maximum atomic E-state index is 5.94. The zero-order valence-corrected chi connectivity index (χ0v) is 17.0. The van der Waals surface area contributed by atoms with Crippen LogP contribution in [0.15, 0.2) is 34.7 Å². The van der Waals surface area contributed by atoms with Gasteiger partial charge in [0.1, 0.15) is 0 Å². The van der Waals surface area contributed by atoms with Crippen molar-refractivity contribution in [2.24, 2.45) is 11.3 Å². The second-order valence-electron chi connectivity index (χ2n) is 9.29. The van der Waals surface area contributed by atoms with E-state index in [9.17, 15) is 0 Å². The molecule has 1 aromatic heterocycles. The van der Waals surface area contributed by atoms with Gasteiger partial charge in [-0.25, -0.2) is 0 Å². The Morgan fingerprint density at radius 3 is 2.54 bits per heavy atom. The molecule has 1 aromatic carbocycles. The molecule has 1 unspecified atom stereocenters. The van der Waals surface area contributed by atoms with Crippen molar-refractivity contribution >= 4 is 0 Å². The fraction of sp³-hybridized carbons (Fsp3) is 0.652. The number of aryl methyl sites for hydroxylation is 1. The molecule has 1 aliphatic carbocycles. The van der Waals surface area contributed by atoms with Crippen LogP contribution in [-0.4, -0.2) is 59.3 Å². The largest absolute Gasteiger partial charge is 0.425 e. The molecule has 1 saturated carbocycles. The summed E-state index contributed by atoms with van der Waals surface area (Å²) in [4.78, 5) is 5.35. The highest BCUT2D eigenvalue weighted by atomic mass is 16.4. The Hall–Kier alpha value is -1.72. The van der Waals surface area contributed by atoms with Crippen LogP contribution in [0.5, 0.6) is 0 Å². The summed E-state index contributed by atoms with van der Waals surface area (Å²) in [5.41, 5.74) is 1.73. The summed E-state index contributed by atoms with van der Waals surface area (Å²) in [7, 11) is 0. The van der Waals surface area contributed by atoms with Crippen molar-refractivity contribution in [3.63, 3.8) is 0 Å². The Morgan fingerprint density at radius 1 is 1.07 bits per heavy atom. The predicted octanol–water partition coefficient (Wildman–Crippen LogP) is 3.51. The van der Waals surface area contributed by atoms with E-state index in [0.717, 1.165) is 31.3 Å². The van der Waals surface area contributed by atoms with Gasteiger partial charge in [0.15, 0.2) is 0 Å². The molecule has 0 radical (unpaired) electrons. The summed E-state index contributed by atoms with van der Waals surface area (Å²) in [6, 6.07) is 10.8. The molecule has 28 heavy (non-hydrogen) atoms. The molecule has 150 valence electrons. The van der Waals surface area contributed by atoms with Gasteiger partial charge in [-0.2, -0.15) is 0 Å². The summed E-state index contributed by atoms with van der Waals surface area (Å²) in [6.45, 7) is 9.02. The Labute approximate surface area is 168 Å². The van der Waals surface area contributed by atoms with Crippen LogP contribution in [0.4, 0.5) is 0 Å². The number of rotatable bonds is 6. The lowest BCUT2D eigenvalue weighted by atomic mass is 9.70. The van der Waals surface area contributed by atoms with Gasteiger partial charge in [0.2, 0.25) is 11.8 Å². The van der Waals surface area contributed by atoms with Crippen LogP contribution in [0, 0.1) is 18.3 Å². The fourth-order valence-corrected chi connectivity index (χ4v) is 5.32. The van der Waals surface area contributed by atoms with E-state index in [1.54, 1.807) is 0 Å². The summed E-state index contributed by atoms with van der Waals surface area (Å²) in [5, 5.41) is 8.60. The zero-order chi connectivity index (χ0) is 19.0. The minimum absolute atomic E-state index is 0.301. The molecule has 1 atom stereocenters. The number of piperidine rings is 1. The second-order valence-corrected chi connectivity index (χ2v) is 9.29. The van der Waals surface area contributed by atoms with Gasteiger partial charge in [-0.3, -0.25) is 0 Å². The van der Waals surface area contributed by atoms with E-state index >= 15 is 0 Å². The van der Waals surface area contributed by atoms with Gasteiger partial charge in [-0.05, 0) is 62.1 Å². The van der Waals surface area contributed by atoms with Crippen LogP contribution in [0.2, 0.25) is 0 Å². The van der Waals surface area contributed by atoms with Crippen LogP contribution >= 0.6 is 0 Å². The molecule has 5 heteroatoms. The lowest BCUT2D eigenvalue weighted by molar-refractivity contribution is 0.0872. The van der Waals surface area contributed by atoms with Gasteiger partial charge in [-0.15, -0.1) is 10.2 Å². The number of benzene rings is 1. The first-order chi connectivity index (χ1) is 13.7. The molecule has 0 amide bonds.